The Balaban J connectivity index is 1.49. The van der Waals surface area contributed by atoms with E-state index in [9.17, 15) is 34.4 Å². The zero-order valence-corrected chi connectivity index (χ0v) is 24.9. The van der Waals surface area contributed by atoms with Crippen LogP contribution in [0.4, 0.5) is 11.4 Å². The number of ether oxygens (including phenoxy) is 1. The van der Waals surface area contributed by atoms with Crippen molar-refractivity contribution in [2.45, 2.75) is 28.5 Å². The van der Waals surface area contributed by atoms with E-state index in [4.69, 9.17) is 27.9 Å². The number of nitro benzene ring substituents is 1. The summed E-state index contributed by atoms with van der Waals surface area (Å²) in [5.41, 5.74) is 0.856. The molecule has 1 saturated carbocycles. The first-order chi connectivity index (χ1) is 19.9. The molecule has 2 saturated heterocycles. The number of aromatic hydroxyl groups is 1. The zero-order chi connectivity index (χ0) is 30.3. The number of phenols is 1. The van der Waals surface area contributed by atoms with Crippen LogP contribution in [0, 0.1) is 27.9 Å². The summed E-state index contributed by atoms with van der Waals surface area (Å²) in [4.78, 5) is 63.7. The van der Waals surface area contributed by atoms with Crippen LogP contribution >= 0.6 is 39.1 Å². The van der Waals surface area contributed by atoms with Crippen molar-refractivity contribution in [3.63, 3.8) is 0 Å². The summed E-state index contributed by atoms with van der Waals surface area (Å²) < 4.78 is 5.30. The van der Waals surface area contributed by atoms with Gasteiger partial charge in [0.2, 0.25) is 11.8 Å². The number of nitrogens with zero attached hydrogens (tertiary/aromatic N) is 3. The molecule has 3 fully saturated rings. The maximum absolute atomic E-state index is 14.0. The maximum atomic E-state index is 14.0. The zero-order valence-electron chi connectivity index (χ0n) is 21.8. The lowest BCUT2D eigenvalue weighted by atomic mass is 9.56. The molecule has 4 amide bonds. The molecule has 2 heterocycles. The van der Waals surface area contributed by atoms with E-state index in [1.807, 2.05) is 0 Å². The number of hydrogen-bond donors (Lipinski definition) is 1. The molecule has 0 bridgehead atoms. The number of anilines is 1. The Hall–Kier alpha value is -3.48. The average Bonchev–Trinajstić information content (AvgIpc) is 3.31. The fourth-order valence-corrected chi connectivity index (χ4v) is 8.40. The molecule has 0 radical (unpaired) electrons. The number of allylic oxidation sites excluding steroid dienone is 2. The molecule has 1 N–H and O–H groups in total. The summed E-state index contributed by atoms with van der Waals surface area (Å²) in [6.45, 7) is 0. The lowest BCUT2D eigenvalue weighted by molar-refractivity contribution is -0.384. The average molecular weight is 679 g/mol. The molecule has 14 heteroatoms. The summed E-state index contributed by atoms with van der Waals surface area (Å²) >= 11 is 17.6. The fourth-order valence-electron chi connectivity index (χ4n) is 6.98. The molecule has 6 atom stereocenters. The Kier molecular flexibility index (Phi) is 6.67. The van der Waals surface area contributed by atoms with Gasteiger partial charge in [0.05, 0.1) is 35.0 Å². The molecule has 0 aromatic heterocycles. The van der Waals surface area contributed by atoms with Crippen molar-refractivity contribution in [2.24, 2.45) is 17.8 Å². The second kappa shape index (κ2) is 9.78. The van der Waals surface area contributed by atoms with E-state index in [1.165, 1.54) is 43.5 Å². The number of alkyl halides is 3. The molecule has 42 heavy (non-hydrogen) atoms. The summed E-state index contributed by atoms with van der Waals surface area (Å²) in [7, 11) is 1.36. The lowest BCUT2D eigenvalue weighted by Gasteiger charge is -2.50. The van der Waals surface area contributed by atoms with Gasteiger partial charge in [0.15, 0.2) is 21.2 Å². The second-order valence-electron chi connectivity index (χ2n) is 10.7. The minimum atomic E-state index is -1.99. The van der Waals surface area contributed by atoms with Crippen LogP contribution in [0.15, 0.2) is 54.1 Å². The van der Waals surface area contributed by atoms with Crippen LogP contribution in [0.2, 0.25) is 0 Å². The smallest absolute Gasteiger partial charge is 0.269 e. The number of amides is 4. The normalized spacial score (nSPS) is 32.0. The van der Waals surface area contributed by atoms with Crippen molar-refractivity contribution in [2.75, 3.05) is 17.5 Å². The molecule has 0 spiro atoms. The van der Waals surface area contributed by atoms with Gasteiger partial charge in [-0.3, -0.25) is 39.1 Å². The molecule has 2 aromatic rings. The molecular weight excluding hydrogens is 657 g/mol. The van der Waals surface area contributed by atoms with Gasteiger partial charge in [-0.2, -0.15) is 0 Å². The van der Waals surface area contributed by atoms with E-state index in [0.717, 1.165) is 9.80 Å². The number of phenolic OH excluding ortho intramolecular Hbond substituents is 1. The number of hydrogen-bond acceptors (Lipinski definition) is 8. The van der Waals surface area contributed by atoms with Crippen molar-refractivity contribution < 1.29 is 33.9 Å². The Morgan fingerprint density at radius 2 is 1.76 bits per heavy atom. The van der Waals surface area contributed by atoms with Gasteiger partial charge in [-0.1, -0.05) is 33.6 Å². The number of nitro groups is 1. The third-order valence-electron chi connectivity index (χ3n) is 8.87. The highest BCUT2D eigenvalue weighted by Crippen LogP contribution is 2.65. The fraction of sp³-hybridized carbons (Fsp3) is 0.357. The molecule has 6 unspecified atom stereocenters. The van der Waals surface area contributed by atoms with E-state index in [-0.39, 0.29) is 41.2 Å². The minimum absolute atomic E-state index is 0.106. The predicted molar refractivity (Wildman–Crippen MR) is 154 cm³/mol. The van der Waals surface area contributed by atoms with E-state index in [1.54, 1.807) is 12.1 Å². The number of halogens is 3. The van der Waals surface area contributed by atoms with Gasteiger partial charge in [0.1, 0.15) is 0 Å². The van der Waals surface area contributed by atoms with E-state index < -0.39 is 62.0 Å². The van der Waals surface area contributed by atoms with Crippen LogP contribution in [0.5, 0.6) is 11.5 Å². The number of methoxy groups -OCH3 is 1. The van der Waals surface area contributed by atoms with Crippen molar-refractivity contribution in [3.05, 3.63) is 69.8 Å². The summed E-state index contributed by atoms with van der Waals surface area (Å²) in [5, 5.41) is 21.4. The highest BCUT2D eigenvalue weighted by Gasteiger charge is 2.76. The summed E-state index contributed by atoms with van der Waals surface area (Å²) in [5.74, 6) is -5.94. The van der Waals surface area contributed by atoms with Crippen LogP contribution in [-0.2, 0) is 19.2 Å². The first-order valence-electron chi connectivity index (χ1n) is 12.9. The number of benzene rings is 2. The molecular formula is C28H22BrCl2N3O8. The highest BCUT2D eigenvalue weighted by atomic mass is 79.9. The van der Waals surface area contributed by atoms with E-state index in [2.05, 4.69) is 15.9 Å². The number of rotatable bonds is 5. The second-order valence-corrected chi connectivity index (χ2v) is 12.4. The standard InChI is InChI=1S/C28H22BrCl2N3O8/c1-42-20-10-13(2-9-19(20)35)22-16-7-8-17-21(18(16)11-27(30)25(38)32(12-29)26(39)28(22,27)31)24(37)33(23(17)36)14-3-5-15(6-4-14)34(40)41/h2-7,9-10,17-18,21-22,35H,8,11-12H2,1H3. The van der Waals surface area contributed by atoms with Gasteiger partial charge >= 0.3 is 0 Å². The Bertz CT molecular complexity index is 1620. The van der Waals surface area contributed by atoms with Gasteiger partial charge in [0.25, 0.3) is 17.5 Å². The molecule has 2 aliphatic carbocycles. The number of carbonyl (C=O) groups excluding carboxylic acids is 4. The number of fused-ring (bicyclic) bond motifs is 4. The van der Waals surface area contributed by atoms with E-state index >= 15 is 0 Å². The van der Waals surface area contributed by atoms with E-state index in [0.29, 0.717) is 11.1 Å². The summed E-state index contributed by atoms with van der Waals surface area (Å²) in [6, 6.07) is 9.55. The quantitative estimate of drug-likeness (QED) is 0.123. The molecule has 6 rings (SSSR count). The van der Waals surface area contributed by atoms with Gasteiger partial charge in [-0.15, -0.1) is 23.2 Å². The number of likely N-dealkylation sites (tertiary alicyclic amines) is 1. The van der Waals surface area contributed by atoms with Crippen LogP contribution < -0.4 is 9.64 Å². The Morgan fingerprint density at radius 3 is 2.38 bits per heavy atom. The number of carbonyl (C=O) groups is 4. The van der Waals surface area contributed by atoms with Crippen molar-refractivity contribution in [3.8, 4) is 11.5 Å². The first kappa shape index (κ1) is 28.6. The maximum Gasteiger partial charge on any atom is 0.269 e. The minimum Gasteiger partial charge on any atom is -0.504 e. The van der Waals surface area contributed by atoms with Gasteiger partial charge in [0, 0.05) is 18.1 Å². The Labute approximate surface area is 257 Å². The predicted octanol–water partition coefficient (Wildman–Crippen LogP) is 4.22. The highest BCUT2D eigenvalue weighted by molar-refractivity contribution is 9.09. The third kappa shape index (κ3) is 3.64. The lowest BCUT2D eigenvalue weighted by Crippen LogP contribution is -2.60. The largest absolute Gasteiger partial charge is 0.504 e. The SMILES string of the molecule is COc1cc(C2C3=CCC4C(=O)N(c5ccc([N+](=O)[O-])cc5)C(=O)C4C3CC3(Cl)C(=O)N(CBr)C(=O)C23Cl)ccc1O. The van der Waals surface area contributed by atoms with Gasteiger partial charge in [-0.25, -0.2) is 0 Å². The monoisotopic (exact) mass is 677 g/mol. The topological polar surface area (TPSA) is 147 Å². The van der Waals surface area contributed by atoms with Crippen LogP contribution in [0.1, 0.15) is 24.3 Å². The van der Waals surface area contributed by atoms with Gasteiger partial charge < -0.3 is 9.84 Å². The molecule has 2 aliphatic heterocycles. The number of imide groups is 2. The van der Waals surface area contributed by atoms with Crippen LogP contribution in [-0.4, -0.2) is 60.9 Å². The third-order valence-corrected chi connectivity index (χ3v) is 10.8. The molecule has 2 aromatic carbocycles. The molecule has 11 nitrogen and oxygen atoms in total. The molecule has 4 aliphatic rings. The van der Waals surface area contributed by atoms with Crippen molar-refractivity contribution >= 4 is 74.1 Å². The summed E-state index contributed by atoms with van der Waals surface area (Å²) in [6.07, 6.45) is 1.76. The molecule has 218 valence electrons. The first-order valence-corrected chi connectivity index (χ1v) is 14.8. The van der Waals surface area contributed by atoms with Crippen LogP contribution in [0.3, 0.4) is 0 Å². The Morgan fingerprint density at radius 1 is 1.07 bits per heavy atom. The van der Waals surface area contributed by atoms with Crippen molar-refractivity contribution in [1.82, 2.24) is 4.90 Å². The van der Waals surface area contributed by atoms with Gasteiger partial charge in [-0.05, 0) is 48.6 Å². The van der Waals surface area contributed by atoms with Crippen LogP contribution in [0.25, 0.3) is 0 Å². The number of non-ortho nitro benzene ring substituents is 1. The van der Waals surface area contributed by atoms with Crippen molar-refractivity contribution in [1.29, 1.82) is 0 Å².